The molecule has 0 radical (unpaired) electrons. The molecule has 2 nitrogen and oxygen atoms in total. The Morgan fingerprint density at radius 3 is 2.60 bits per heavy atom. The molecule has 0 saturated heterocycles. The highest BCUT2D eigenvalue weighted by molar-refractivity contribution is 5.42. The maximum atomic E-state index is 6.56. The summed E-state index contributed by atoms with van der Waals surface area (Å²) in [6.45, 7) is 5.20. The van der Waals surface area contributed by atoms with E-state index in [0.717, 1.165) is 18.8 Å². The third-order valence-electron chi connectivity index (χ3n) is 4.37. The van der Waals surface area contributed by atoms with Gasteiger partial charge in [0.1, 0.15) is 5.75 Å². The van der Waals surface area contributed by atoms with Crippen molar-refractivity contribution in [2.45, 2.75) is 31.7 Å². The number of fused-ring (bicyclic) bond motifs is 1. The second kappa shape index (κ2) is 4.95. The van der Waals surface area contributed by atoms with E-state index in [2.05, 4.69) is 56.3 Å². The lowest BCUT2D eigenvalue weighted by Crippen LogP contribution is -2.33. The van der Waals surface area contributed by atoms with Gasteiger partial charge in [0.2, 0.25) is 0 Å². The number of benzene rings is 2. The summed E-state index contributed by atoms with van der Waals surface area (Å²) in [7, 11) is 0. The van der Waals surface area contributed by atoms with Gasteiger partial charge in [-0.15, -0.1) is 0 Å². The molecule has 1 aliphatic heterocycles. The summed E-state index contributed by atoms with van der Waals surface area (Å²) in [6.07, 6.45) is 0.988. The number of rotatable bonds is 3. The van der Waals surface area contributed by atoms with E-state index in [4.69, 9.17) is 10.5 Å². The van der Waals surface area contributed by atoms with Crippen LogP contribution in [-0.2, 0) is 11.8 Å². The van der Waals surface area contributed by atoms with Crippen LogP contribution in [-0.4, -0.2) is 6.61 Å². The highest BCUT2D eigenvalue weighted by Gasteiger charge is 2.30. The van der Waals surface area contributed by atoms with Gasteiger partial charge in [-0.3, -0.25) is 0 Å². The number of nitrogens with two attached hydrogens (primary N) is 1. The molecule has 0 spiro atoms. The lowest BCUT2D eigenvalue weighted by molar-refractivity contribution is 0.356. The Balaban J connectivity index is 1.94. The third-order valence-corrected chi connectivity index (χ3v) is 4.37. The Morgan fingerprint density at radius 1 is 1.10 bits per heavy atom. The predicted molar refractivity (Wildman–Crippen MR) is 82.0 cm³/mol. The Morgan fingerprint density at radius 2 is 1.85 bits per heavy atom. The number of hydrogen-bond donors (Lipinski definition) is 1. The van der Waals surface area contributed by atoms with Gasteiger partial charge in [0.15, 0.2) is 0 Å². The van der Waals surface area contributed by atoms with Crippen LogP contribution in [0.25, 0.3) is 0 Å². The summed E-state index contributed by atoms with van der Waals surface area (Å²) in [5.74, 6) is 1.01. The van der Waals surface area contributed by atoms with E-state index in [1.807, 2.05) is 6.07 Å². The van der Waals surface area contributed by atoms with Gasteiger partial charge in [-0.2, -0.15) is 0 Å². The fourth-order valence-electron chi connectivity index (χ4n) is 2.86. The molecule has 20 heavy (non-hydrogen) atoms. The molecule has 2 aromatic rings. The van der Waals surface area contributed by atoms with Crippen LogP contribution in [0, 0.1) is 0 Å². The molecule has 2 aromatic carbocycles. The molecule has 0 aromatic heterocycles. The molecule has 1 atom stereocenters. The Hall–Kier alpha value is -1.80. The zero-order valence-corrected chi connectivity index (χ0v) is 12.1. The first-order valence-electron chi connectivity index (χ1n) is 7.16. The summed E-state index contributed by atoms with van der Waals surface area (Å²) in [5, 5.41) is 0. The van der Waals surface area contributed by atoms with Gasteiger partial charge in [0.05, 0.1) is 6.61 Å². The van der Waals surface area contributed by atoms with Gasteiger partial charge in [-0.1, -0.05) is 56.3 Å². The molecular weight excluding hydrogens is 246 g/mol. The average molecular weight is 267 g/mol. The smallest absolute Gasteiger partial charge is 0.122 e. The highest BCUT2D eigenvalue weighted by Crippen LogP contribution is 2.37. The van der Waals surface area contributed by atoms with E-state index in [1.165, 1.54) is 16.7 Å². The van der Waals surface area contributed by atoms with Gasteiger partial charge < -0.3 is 10.5 Å². The predicted octanol–water partition coefficient (Wildman–Crippen LogP) is 3.60. The van der Waals surface area contributed by atoms with Crippen LogP contribution in [0.1, 0.15) is 36.6 Å². The van der Waals surface area contributed by atoms with Crippen molar-refractivity contribution in [2.75, 3.05) is 6.61 Å². The van der Waals surface area contributed by atoms with Crippen LogP contribution in [0.2, 0.25) is 0 Å². The molecule has 1 aliphatic rings. The summed E-state index contributed by atoms with van der Waals surface area (Å²) >= 11 is 0. The molecular formula is C18H21NO. The van der Waals surface area contributed by atoms with Crippen molar-refractivity contribution in [3.05, 3.63) is 65.2 Å². The van der Waals surface area contributed by atoms with Gasteiger partial charge in [-0.05, 0) is 22.8 Å². The second-order valence-electron chi connectivity index (χ2n) is 6.03. The summed E-state index contributed by atoms with van der Waals surface area (Å²) in [4.78, 5) is 0. The molecule has 104 valence electrons. The Bertz CT molecular complexity index is 604. The Kier molecular flexibility index (Phi) is 3.27. The van der Waals surface area contributed by atoms with E-state index in [1.54, 1.807) is 0 Å². The molecule has 0 amide bonds. The van der Waals surface area contributed by atoms with Crippen molar-refractivity contribution < 1.29 is 4.74 Å². The van der Waals surface area contributed by atoms with Gasteiger partial charge in [0.25, 0.3) is 0 Å². The first-order chi connectivity index (χ1) is 9.59. The maximum Gasteiger partial charge on any atom is 0.122 e. The lowest BCUT2D eigenvalue weighted by Gasteiger charge is -2.32. The largest absolute Gasteiger partial charge is 0.493 e. The lowest BCUT2D eigenvalue weighted by atomic mass is 9.75. The van der Waals surface area contributed by atoms with E-state index in [0.29, 0.717) is 0 Å². The normalized spacial score (nSPS) is 15.6. The molecule has 0 bridgehead atoms. The standard InChI is InChI=1S/C18H21NO/c1-18(2,15-6-4-3-5-7-15)17(19)14-8-9-16-13(12-14)10-11-20-16/h3-9,12,17H,10-11,19H2,1-2H3. The zero-order valence-electron chi connectivity index (χ0n) is 12.1. The number of hydrogen-bond acceptors (Lipinski definition) is 2. The molecule has 2 heteroatoms. The number of ether oxygens (including phenoxy) is 1. The molecule has 3 rings (SSSR count). The summed E-state index contributed by atoms with van der Waals surface area (Å²) < 4.78 is 5.56. The third kappa shape index (κ3) is 2.20. The van der Waals surface area contributed by atoms with Gasteiger partial charge in [0, 0.05) is 17.9 Å². The molecule has 0 saturated carbocycles. The summed E-state index contributed by atoms with van der Waals surface area (Å²) in [6, 6.07) is 16.8. The minimum absolute atomic E-state index is 0.0317. The maximum absolute atomic E-state index is 6.56. The van der Waals surface area contributed by atoms with Crippen LogP contribution in [0.5, 0.6) is 5.75 Å². The van der Waals surface area contributed by atoms with Crippen LogP contribution in [0.15, 0.2) is 48.5 Å². The molecule has 0 aliphatic carbocycles. The topological polar surface area (TPSA) is 35.2 Å². The zero-order chi connectivity index (χ0) is 14.2. The van der Waals surface area contributed by atoms with E-state index < -0.39 is 0 Å². The molecule has 1 heterocycles. The molecule has 2 N–H and O–H groups in total. The van der Waals surface area contributed by atoms with Crippen LogP contribution < -0.4 is 10.5 Å². The monoisotopic (exact) mass is 267 g/mol. The first kappa shape index (κ1) is 13.2. The van der Waals surface area contributed by atoms with Crippen LogP contribution in [0.3, 0.4) is 0 Å². The van der Waals surface area contributed by atoms with Crippen molar-refractivity contribution >= 4 is 0 Å². The van der Waals surface area contributed by atoms with Crippen molar-refractivity contribution in [3.63, 3.8) is 0 Å². The SMILES string of the molecule is CC(C)(c1ccccc1)C(N)c1ccc2c(c1)CCO2. The quantitative estimate of drug-likeness (QED) is 0.922. The summed E-state index contributed by atoms with van der Waals surface area (Å²) in [5.41, 5.74) is 10.2. The van der Waals surface area contributed by atoms with E-state index >= 15 is 0 Å². The first-order valence-corrected chi connectivity index (χ1v) is 7.16. The average Bonchev–Trinajstić information content (AvgIpc) is 2.94. The van der Waals surface area contributed by atoms with Crippen molar-refractivity contribution in [2.24, 2.45) is 5.73 Å². The van der Waals surface area contributed by atoms with Crippen molar-refractivity contribution in [3.8, 4) is 5.75 Å². The minimum Gasteiger partial charge on any atom is -0.493 e. The minimum atomic E-state index is -0.102. The highest BCUT2D eigenvalue weighted by atomic mass is 16.5. The van der Waals surface area contributed by atoms with Gasteiger partial charge in [-0.25, -0.2) is 0 Å². The van der Waals surface area contributed by atoms with E-state index in [9.17, 15) is 0 Å². The fourth-order valence-corrected chi connectivity index (χ4v) is 2.86. The molecule has 1 unspecified atom stereocenters. The fraction of sp³-hybridized carbons (Fsp3) is 0.333. The van der Waals surface area contributed by atoms with Crippen LogP contribution in [0.4, 0.5) is 0 Å². The van der Waals surface area contributed by atoms with E-state index in [-0.39, 0.29) is 11.5 Å². The van der Waals surface area contributed by atoms with Crippen molar-refractivity contribution in [1.29, 1.82) is 0 Å². The van der Waals surface area contributed by atoms with Gasteiger partial charge >= 0.3 is 0 Å². The Labute approximate surface area is 120 Å². The van der Waals surface area contributed by atoms with Crippen LogP contribution >= 0.6 is 0 Å². The second-order valence-corrected chi connectivity index (χ2v) is 6.03. The molecule has 0 fully saturated rings. The van der Waals surface area contributed by atoms with Crippen molar-refractivity contribution in [1.82, 2.24) is 0 Å².